The number of nitrogens with zero attached hydrogens (tertiary/aromatic N) is 2. The van der Waals surface area contributed by atoms with E-state index in [9.17, 15) is 4.79 Å². The predicted molar refractivity (Wildman–Crippen MR) is 54.9 cm³/mol. The molecular formula is C11H8FeN3O. The van der Waals surface area contributed by atoms with Crippen molar-refractivity contribution in [3.05, 3.63) is 48.3 Å². The van der Waals surface area contributed by atoms with Crippen molar-refractivity contribution in [2.24, 2.45) is 0 Å². The summed E-state index contributed by atoms with van der Waals surface area (Å²) < 4.78 is 2.33. The standard InChI is InChI=1S/C11H9N3O.Fe/c12-11(15)8-4-3-7-14-10(8)9-5-1-2-6-13-9;/h1-7H,(H2,12,15);/q;+1/p-1. The van der Waals surface area contributed by atoms with E-state index in [0.717, 1.165) is 0 Å². The molecule has 16 heavy (non-hydrogen) atoms. The topological polar surface area (TPSA) is 54.9 Å². The molecule has 1 N–H and O–H groups in total. The average molecular weight is 254 g/mol. The second kappa shape index (κ2) is 4.88. The summed E-state index contributed by atoms with van der Waals surface area (Å²) in [7, 11) is 0. The van der Waals surface area contributed by atoms with Crippen LogP contribution in [0.4, 0.5) is 0 Å². The van der Waals surface area contributed by atoms with E-state index in [0.29, 0.717) is 17.0 Å². The maximum atomic E-state index is 11.6. The Kier molecular flexibility index (Phi) is 3.29. The van der Waals surface area contributed by atoms with Gasteiger partial charge in [0.25, 0.3) is 0 Å². The second-order valence-corrected chi connectivity index (χ2v) is 3.31. The van der Waals surface area contributed by atoms with Gasteiger partial charge < -0.3 is 0 Å². The Hall–Kier alpha value is -1.71. The molecule has 2 heterocycles. The molecule has 0 atom stereocenters. The zero-order chi connectivity index (χ0) is 11.4. The normalized spacial score (nSPS) is 9.81. The fraction of sp³-hybridized carbons (Fsp3) is 0. The first-order valence-corrected chi connectivity index (χ1v) is 5.14. The first kappa shape index (κ1) is 10.8. The van der Waals surface area contributed by atoms with Crippen LogP contribution in [0.3, 0.4) is 0 Å². The van der Waals surface area contributed by atoms with E-state index >= 15 is 0 Å². The molecule has 5 heteroatoms. The third kappa shape index (κ3) is 2.10. The van der Waals surface area contributed by atoms with Crippen molar-refractivity contribution in [1.82, 2.24) is 14.3 Å². The van der Waals surface area contributed by atoms with Crippen LogP contribution >= 0.6 is 0 Å². The summed E-state index contributed by atoms with van der Waals surface area (Å²) >= 11 is 3.35. The van der Waals surface area contributed by atoms with E-state index in [1.165, 1.54) is 0 Å². The van der Waals surface area contributed by atoms with Gasteiger partial charge in [0.05, 0.1) is 0 Å². The van der Waals surface area contributed by atoms with Crippen molar-refractivity contribution in [2.45, 2.75) is 0 Å². The van der Waals surface area contributed by atoms with Crippen molar-refractivity contribution < 1.29 is 21.0 Å². The minimum absolute atomic E-state index is 0.270. The molecule has 2 aromatic rings. The quantitative estimate of drug-likeness (QED) is 0.822. The molecule has 0 saturated heterocycles. The van der Waals surface area contributed by atoms with Crippen LogP contribution in [-0.4, -0.2) is 15.9 Å². The molecule has 0 spiro atoms. The number of nitrogens with one attached hydrogen (secondary N) is 1. The monoisotopic (exact) mass is 254 g/mol. The van der Waals surface area contributed by atoms with Crippen molar-refractivity contribution in [3.63, 3.8) is 0 Å². The fourth-order valence-electron chi connectivity index (χ4n) is 1.34. The molecule has 2 aromatic heterocycles. The summed E-state index contributed by atoms with van der Waals surface area (Å²) in [5.74, 6) is -0.270. The second-order valence-electron chi connectivity index (χ2n) is 3.03. The molecule has 0 fully saturated rings. The summed E-state index contributed by atoms with van der Waals surface area (Å²) in [5, 5.41) is 0. The summed E-state index contributed by atoms with van der Waals surface area (Å²) in [4.78, 5) is 19.9. The van der Waals surface area contributed by atoms with E-state index in [2.05, 4.69) is 30.5 Å². The van der Waals surface area contributed by atoms with Gasteiger partial charge in [-0.1, -0.05) is 0 Å². The van der Waals surface area contributed by atoms with Gasteiger partial charge in [-0.25, -0.2) is 0 Å². The first-order valence-electron chi connectivity index (χ1n) is 4.59. The molecular weight excluding hydrogens is 246 g/mol. The third-order valence-electron chi connectivity index (χ3n) is 2.04. The zero-order valence-corrected chi connectivity index (χ0v) is 9.30. The van der Waals surface area contributed by atoms with Crippen molar-refractivity contribution in [2.75, 3.05) is 0 Å². The van der Waals surface area contributed by atoms with Crippen LogP contribution in [0.5, 0.6) is 0 Å². The summed E-state index contributed by atoms with van der Waals surface area (Å²) in [5.41, 5.74) is 1.70. The van der Waals surface area contributed by atoms with Gasteiger partial charge in [-0.05, 0) is 0 Å². The molecule has 0 aliphatic heterocycles. The number of hydrogen-bond donors (Lipinski definition) is 1. The van der Waals surface area contributed by atoms with Gasteiger partial charge in [0, 0.05) is 0 Å². The van der Waals surface area contributed by atoms with Gasteiger partial charge in [0.2, 0.25) is 0 Å². The SMILES string of the molecule is O=C([NH][Fe])c1cccnc1-c1ccccn1. The number of rotatable bonds is 2. The van der Waals surface area contributed by atoms with Crippen LogP contribution in [-0.2, 0) is 16.2 Å². The molecule has 0 saturated carbocycles. The minimum atomic E-state index is -0.270. The number of pyridine rings is 2. The zero-order valence-electron chi connectivity index (χ0n) is 8.20. The van der Waals surface area contributed by atoms with Crippen LogP contribution in [0, 0.1) is 0 Å². The van der Waals surface area contributed by atoms with Gasteiger partial charge in [-0.15, -0.1) is 0 Å². The van der Waals surface area contributed by atoms with Crippen LogP contribution in [0.2, 0.25) is 0 Å². The van der Waals surface area contributed by atoms with E-state index in [1.807, 2.05) is 18.2 Å². The molecule has 0 bridgehead atoms. The van der Waals surface area contributed by atoms with E-state index in [-0.39, 0.29) is 5.91 Å². The Balaban J connectivity index is 2.53. The third-order valence-corrected chi connectivity index (χ3v) is 2.29. The van der Waals surface area contributed by atoms with E-state index in [1.54, 1.807) is 24.5 Å². The Bertz CT molecular complexity index is 502. The molecule has 0 aliphatic carbocycles. The number of carbonyl (C=O) groups is 1. The van der Waals surface area contributed by atoms with Crippen LogP contribution in [0.15, 0.2) is 42.7 Å². The van der Waals surface area contributed by atoms with Crippen molar-refractivity contribution >= 4 is 5.91 Å². The molecule has 0 radical (unpaired) electrons. The van der Waals surface area contributed by atoms with Gasteiger partial charge >= 0.3 is 101 Å². The van der Waals surface area contributed by atoms with Gasteiger partial charge in [-0.2, -0.15) is 0 Å². The number of carbonyl (C=O) groups excluding carboxylic acids is 1. The first-order chi connectivity index (χ1) is 7.83. The van der Waals surface area contributed by atoms with Gasteiger partial charge in [0.1, 0.15) is 0 Å². The van der Waals surface area contributed by atoms with Crippen LogP contribution < -0.4 is 4.33 Å². The fourth-order valence-corrected chi connectivity index (χ4v) is 1.49. The molecule has 0 aliphatic rings. The van der Waals surface area contributed by atoms with Gasteiger partial charge in [0.15, 0.2) is 0 Å². The van der Waals surface area contributed by atoms with E-state index < -0.39 is 0 Å². The molecule has 0 unspecified atom stereocenters. The van der Waals surface area contributed by atoms with Crippen LogP contribution in [0.1, 0.15) is 10.4 Å². The Labute approximate surface area is 101 Å². The van der Waals surface area contributed by atoms with Gasteiger partial charge in [-0.3, -0.25) is 0 Å². The molecule has 0 aromatic carbocycles. The van der Waals surface area contributed by atoms with Crippen LogP contribution in [0.25, 0.3) is 11.4 Å². The summed E-state index contributed by atoms with van der Waals surface area (Å²) in [6.45, 7) is 0. The Morgan fingerprint density at radius 1 is 1.12 bits per heavy atom. The summed E-state index contributed by atoms with van der Waals surface area (Å²) in [6, 6.07) is 8.87. The molecule has 81 valence electrons. The molecule has 4 nitrogen and oxygen atoms in total. The Morgan fingerprint density at radius 3 is 2.62 bits per heavy atom. The van der Waals surface area contributed by atoms with Crippen molar-refractivity contribution in [1.29, 1.82) is 0 Å². The summed E-state index contributed by atoms with van der Waals surface area (Å²) in [6.07, 6.45) is 3.29. The average Bonchev–Trinajstić information content (AvgIpc) is 2.39. The number of amides is 1. The molecule has 2 rings (SSSR count). The van der Waals surface area contributed by atoms with Crippen molar-refractivity contribution in [3.8, 4) is 11.4 Å². The predicted octanol–water partition coefficient (Wildman–Crippen LogP) is 1.34. The number of aromatic nitrogens is 2. The number of hydrogen-bond acceptors (Lipinski definition) is 3. The Morgan fingerprint density at radius 2 is 1.94 bits per heavy atom. The maximum absolute atomic E-state index is 11.6. The molecule has 1 amide bonds. The van der Waals surface area contributed by atoms with E-state index in [4.69, 9.17) is 0 Å².